The van der Waals surface area contributed by atoms with Crippen LogP contribution in [0.1, 0.15) is 54.2 Å². The topological polar surface area (TPSA) is 50.2 Å². The smallest absolute Gasteiger partial charge is 0.255 e. The van der Waals surface area contributed by atoms with Gasteiger partial charge in [0, 0.05) is 30.7 Å². The molecule has 1 aliphatic rings. The van der Waals surface area contributed by atoms with Crippen LogP contribution in [0.4, 0.5) is 0 Å². The maximum atomic E-state index is 13.1. The molecule has 0 unspecified atom stereocenters. The lowest BCUT2D eigenvalue weighted by Crippen LogP contribution is -2.44. The van der Waals surface area contributed by atoms with Crippen LogP contribution in [0, 0.1) is 0 Å². The van der Waals surface area contributed by atoms with Crippen molar-refractivity contribution in [3.63, 3.8) is 0 Å². The predicted molar refractivity (Wildman–Crippen MR) is 125 cm³/mol. The Morgan fingerprint density at radius 2 is 1.87 bits per heavy atom. The predicted octanol–water partition coefficient (Wildman–Crippen LogP) is 5.04. The van der Waals surface area contributed by atoms with Gasteiger partial charge in [0.1, 0.15) is 0 Å². The summed E-state index contributed by atoms with van der Waals surface area (Å²) in [4.78, 5) is 15.6. The van der Waals surface area contributed by atoms with Gasteiger partial charge in [0.15, 0.2) is 0 Å². The van der Waals surface area contributed by atoms with Crippen LogP contribution >= 0.6 is 11.6 Å². The molecule has 1 fully saturated rings. The highest BCUT2D eigenvalue weighted by Crippen LogP contribution is 2.25. The number of nitrogens with one attached hydrogen (secondary N) is 1. The minimum atomic E-state index is -0.0431. The molecule has 0 saturated carbocycles. The van der Waals surface area contributed by atoms with E-state index < -0.39 is 0 Å². The number of rotatable bonds is 6. The molecule has 1 aromatic heterocycles. The van der Waals surface area contributed by atoms with Crippen LogP contribution < -0.4 is 5.32 Å². The Labute approximate surface area is 189 Å². The second-order valence-electron chi connectivity index (χ2n) is 8.50. The summed E-state index contributed by atoms with van der Waals surface area (Å²) >= 11 is 6.16. The van der Waals surface area contributed by atoms with Crippen LogP contribution in [-0.4, -0.2) is 39.7 Å². The summed E-state index contributed by atoms with van der Waals surface area (Å²) < 4.78 is 1.83. The minimum absolute atomic E-state index is 0.0431. The maximum absolute atomic E-state index is 13.1. The normalized spacial score (nSPS) is 15.4. The van der Waals surface area contributed by atoms with E-state index in [0.717, 1.165) is 43.9 Å². The fourth-order valence-corrected chi connectivity index (χ4v) is 4.43. The first-order chi connectivity index (χ1) is 15.0. The van der Waals surface area contributed by atoms with Crippen molar-refractivity contribution in [2.75, 3.05) is 13.1 Å². The number of hydrogen-bond acceptors (Lipinski definition) is 3. The third-order valence-electron chi connectivity index (χ3n) is 5.82. The molecule has 1 amide bonds. The highest BCUT2D eigenvalue weighted by Gasteiger charge is 2.25. The first kappa shape index (κ1) is 21.6. The van der Waals surface area contributed by atoms with E-state index in [1.165, 1.54) is 5.56 Å². The van der Waals surface area contributed by atoms with Gasteiger partial charge in [-0.2, -0.15) is 5.10 Å². The van der Waals surface area contributed by atoms with Crippen LogP contribution in [0.2, 0.25) is 5.02 Å². The first-order valence-electron chi connectivity index (χ1n) is 10.9. The zero-order valence-corrected chi connectivity index (χ0v) is 18.8. The lowest BCUT2D eigenvalue weighted by molar-refractivity contribution is 0.0907. The Kier molecular flexibility index (Phi) is 6.73. The Bertz CT molecular complexity index is 1020. The summed E-state index contributed by atoms with van der Waals surface area (Å²) in [6, 6.07) is 18.3. The summed E-state index contributed by atoms with van der Waals surface area (Å²) in [6.45, 7) is 7.09. The molecule has 5 nitrogen and oxygen atoms in total. The van der Waals surface area contributed by atoms with Crippen molar-refractivity contribution in [3.8, 4) is 5.69 Å². The number of piperidine rings is 1. The van der Waals surface area contributed by atoms with Crippen molar-refractivity contribution in [2.24, 2.45) is 0 Å². The van der Waals surface area contributed by atoms with Gasteiger partial charge in [-0.1, -0.05) is 61.8 Å². The Hall–Kier alpha value is -2.63. The zero-order valence-electron chi connectivity index (χ0n) is 18.1. The highest BCUT2D eigenvalue weighted by atomic mass is 35.5. The molecule has 3 aromatic rings. The van der Waals surface area contributed by atoms with Gasteiger partial charge < -0.3 is 5.32 Å². The molecule has 0 radical (unpaired) electrons. The third-order valence-corrected chi connectivity index (χ3v) is 6.06. The number of hydrogen-bond donors (Lipinski definition) is 1. The van der Waals surface area contributed by atoms with Gasteiger partial charge in [-0.05, 0) is 42.5 Å². The molecule has 0 spiro atoms. The largest absolute Gasteiger partial charge is 0.349 e. The first-order valence-corrected chi connectivity index (χ1v) is 11.3. The van der Waals surface area contributed by atoms with Gasteiger partial charge in [-0.15, -0.1) is 0 Å². The van der Waals surface area contributed by atoms with Gasteiger partial charge in [0.2, 0.25) is 0 Å². The van der Waals surface area contributed by atoms with E-state index in [9.17, 15) is 4.79 Å². The lowest BCUT2D eigenvalue weighted by Gasteiger charge is -2.32. The zero-order chi connectivity index (χ0) is 21.8. The van der Waals surface area contributed by atoms with Gasteiger partial charge in [0.25, 0.3) is 5.91 Å². The fourth-order valence-electron chi connectivity index (χ4n) is 4.24. The Morgan fingerprint density at radius 3 is 2.55 bits per heavy atom. The maximum Gasteiger partial charge on any atom is 0.255 e. The van der Waals surface area contributed by atoms with E-state index in [4.69, 9.17) is 11.6 Å². The summed E-state index contributed by atoms with van der Waals surface area (Å²) in [6.07, 6.45) is 3.59. The third kappa shape index (κ3) is 5.17. The van der Waals surface area contributed by atoms with Crippen molar-refractivity contribution in [1.82, 2.24) is 20.0 Å². The molecule has 4 rings (SSSR count). The molecule has 6 heteroatoms. The van der Waals surface area contributed by atoms with E-state index >= 15 is 0 Å². The molecular formula is C25H29ClN4O. The van der Waals surface area contributed by atoms with E-state index in [1.54, 1.807) is 6.20 Å². The number of benzene rings is 2. The molecule has 1 saturated heterocycles. The second-order valence-corrected chi connectivity index (χ2v) is 8.94. The van der Waals surface area contributed by atoms with E-state index in [1.807, 2.05) is 35.0 Å². The van der Waals surface area contributed by atoms with Crippen molar-refractivity contribution in [1.29, 1.82) is 0 Å². The van der Waals surface area contributed by atoms with Gasteiger partial charge in [0.05, 0.1) is 23.1 Å². The summed E-state index contributed by atoms with van der Waals surface area (Å²) in [5.74, 6) is 0.105. The average molecular weight is 437 g/mol. The molecule has 1 aliphatic heterocycles. The van der Waals surface area contributed by atoms with E-state index in [2.05, 4.69) is 53.4 Å². The van der Waals surface area contributed by atoms with Crippen LogP contribution in [-0.2, 0) is 6.54 Å². The van der Waals surface area contributed by atoms with Crippen molar-refractivity contribution in [2.45, 2.75) is 45.2 Å². The minimum Gasteiger partial charge on any atom is -0.349 e. The van der Waals surface area contributed by atoms with Crippen LogP contribution in [0.25, 0.3) is 5.69 Å². The number of aromatic nitrogens is 2. The standard InChI is InChI=1S/C25H29ClN4O/c1-18(2)24-23(16-27-30(24)22-10-6-9-20(26)15-22)25(31)28-21-11-13-29(14-12-21)17-19-7-4-3-5-8-19/h3-10,15-16,18,21H,11-14,17H2,1-2H3,(H,28,31). The van der Waals surface area contributed by atoms with Gasteiger partial charge >= 0.3 is 0 Å². The lowest BCUT2D eigenvalue weighted by atomic mass is 10.0. The second kappa shape index (κ2) is 9.67. The molecule has 0 aliphatic carbocycles. The molecule has 31 heavy (non-hydrogen) atoms. The summed E-state index contributed by atoms with van der Waals surface area (Å²) in [7, 11) is 0. The van der Waals surface area contributed by atoms with E-state index in [0.29, 0.717) is 10.6 Å². The fraction of sp³-hybridized carbons (Fsp3) is 0.360. The van der Waals surface area contributed by atoms with Gasteiger partial charge in [-0.25, -0.2) is 4.68 Å². The van der Waals surface area contributed by atoms with Crippen LogP contribution in [0.5, 0.6) is 0 Å². The molecular weight excluding hydrogens is 408 g/mol. The van der Waals surface area contributed by atoms with Crippen LogP contribution in [0.15, 0.2) is 60.8 Å². The van der Waals surface area contributed by atoms with Crippen LogP contribution in [0.3, 0.4) is 0 Å². The highest BCUT2D eigenvalue weighted by molar-refractivity contribution is 6.30. The summed E-state index contributed by atoms with van der Waals surface area (Å²) in [5.41, 5.74) is 3.74. The molecule has 2 aromatic carbocycles. The molecule has 2 heterocycles. The number of amides is 1. The number of nitrogens with zero attached hydrogens (tertiary/aromatic N) is 3. The Balaban J connectivity index is 1.41. The average Bonchev–Trinajstić information content (AvgIpc) is 3.22. The molecule has 0 atom stereocenters. The Morgan fingerprint density at radius 1 is 1.13 bits per heavy atom. The quantitative estimate of drug-likeness (QED) is 0.588. The van der Waals surface area contributed by atoms with Gasteiger partial charge in [-0.3, -0.25) is 9.69 Å². The van der Waals surface area contributed by atoms with E-state index in [-0.39, 0.29) is 17.9 Å². The van der Waals surface area contributed by atoms with Crippen molar-refractivity contribution >= 4 is 17.5 Å². The number of likely N-dealkylation sites (tertiary alicyclic amines) is 1. The molecule has 1 N–H and O–H groups in total. The molecule has 162 valence electrons. The number of carbonyl (C=O) groups is 1. The number of carbonyl (C=O) groups excluding carboxylic acids is 1. The monoisotopic (exact) mass is 436 g/mol. The number of halogens is 1. The SMILES string of the molecule is CC(C)c1c(C(=O)NC2CCN(Cc3ccccc3)CC2)cnn1-c1cccc(Cl)c1. The summed E-state index contributed by atoms with van der Waals surface area (Å²) in [5, 5.41) is 8.41. The van der Waals surface area contributed by atoms with Crippen molar-refractivity contribution < 1.29 is 4.79 Å². The van der Waals surface area contributed by atoms with Crippen molar-refractivity contribution in [3.05, 3.63) is 82.6 Å². The molecule has 0 bridgehead atoms.